The van der Waals surface area contributed by atoms with Crippen molar-refractivity contribution in [3.05, 3.63) is 119 Å². The monoisotopic (exact) mass is 324 g/mol. The van der Waals surface area contributed by atoms with Crippen LogP contribution in [0.25, 0.3) is 11.1 Å². The second kappa shape index (κ2) is 7.36. The smallest absolute Gasteiger partial charge is 0.00331 e. The normalized spacial score (nSPS) is 10.4. The Labute approximate surface area is 151 Å². The molecular formula is C25H24. The van der Waals surface area contributed by atoms with Crippen molar-refractivity contribution in [2.75, 3.05) is 0 Å². The van der Waals surface area contributed by atoms with E-state index in [0.717, 1.165) is 5.57 Å². The van der Waals surface area contributed by atoms with E-state index in [1.165, 1.54) is 39.0 Å². The Hall–Kier alpha value is -2.86. The molecule has 0 aromatic heterocycles. The Kier molecular flexibility index (Phi) is 5.00. The van der Waals surface area contributed by atoms with Crippen LogP contribution in [0.5, 0.6) is 0 Å². The summed E-state index contributed by atoms with van der Waals surface area (Å²) in [5.74, 6) is 0. The molecule has 0 unspecified atom stereocenters. The first-order chi connectivity index (χ1) is 12.1. The van der Waals surface area contributed by atoms with E-state index in [9.17, 15) is 0 Å². The molecule has 0 N–H and O–H groups in total. The molecule has 0 aliphatic rings. The minimum atomic E-state index is 1.16. The van der Waals surface area contributed by atoms with Crippen molar-refractivity contribution >= 4 is 11.1 Å². The summed E-state index contributed by atoms with van der Waals surface area (Å²) < 4.78 is 0. The Balaban J connectivity index is 2.27. The Morgan fingerprint density at radius 2 is 0.880 bits per heavy atom. The minimum absolute atomic E-state index is 1.16. The van der Waals surface area contributed by atoms with E-state index < -0.39 is 0 Å². The average molecular weight is 324 g/mol. The zero-order chi connectivity index (χ0) is 17.8. The molecule has 0 bridgehead atoms. The van der Waals surface area contributed by atoms with Crippen molar-refractivity contribution < 1.29 is 0 Å². The maximum Gasteiger partial charge on any atom is -0.00331 e. The fourth-order valence-corrected chi connectivity index (χ4v) is 3.02. The molecule has 3 rings (SSSR count). The highest BCUT2D eigenvalue weighted by atomic mass is 14.2. The molecule has 0 aliphatic heterocycles. The van der Waals surface area contributed by atoms with Crippen molar-refractivity contribution in [3.63, 3.8) is 0 Å². The van der Waals surface area contributed by atoms with E-state index in [1.807, 2.05) is 6.08 Å². The van der Waals surface area contributed by atoms with Crippen LogP contribution in [0, 0.1) is 20.8 Å². The second-order valence-electron chi connectivity index (χ2n) is 6.59. The molecule has 124 valence electrons. The lowest BCUT2D eigenvalue weighted by atomic mass is 9.88. The van der Waals surface area contributed by atoms with Gasteiger partial charge < -0.3 is 0 Å². The molecule has 0 heteroatoms. The zero-order valence-electron chi connectivity index (χ0n) is 15.2. The van der Waals surface area contributed by atoms with Crippen LogP contribution in [0.3, 0.4) is 0 Å². The molecule has 0 saturated heterocycles. The molecule has 0 heterocycles. The SMILES string of the molecule is C=CC(=C(c1ccc(C)cc1)c1ccc(C)cc1)c1ccc(C)cc1. The Bertz CT molecular complexity index is 842. The van der Waals surface area contributed by atoms with E-state index in [2.05, 4.69) is 100 Å². The zero-order valence-corrected chi connectivity index (χ0v) is 15.2. The third kappa shape index (κ3) is 3.80. The van der Waals surface area contributed by atoms with Gasteiger partial charge in [0.25, 0.3) is 0 Å². The highest BCUT2D eigenvalue weighted by Gasteiger charge is 2.12. The summed E-state index contributed by atoms with van der Waals surface area (Å²) in [6.07, 6.45) is 1.97. The van der Waals surface area contributed by atoms with Crippen LogP contribution in [-0.2, 0) is 0 Å². The molecule has 0 fully saturated rings. The van der Waals surface area contributed by atoms with Gasteiger partial charge in [-0.2, -0.15) is 0 Å². The molecule has 0 nitrogen and oxygen atoms in total. The van der Waals surface area contributed by atoms with Crippen molar-refractivity contribution in [2.24, 2.45) is 0 Å². The number of aryl methyl sites for hydroxylation is 3. The summed E-state index contributed by atoms with van der Waals surface area (Å²) >= 11 is 0. The molecule has 0 spiro atoms. The summed E-state index contributed by atoms with van der Waals surface area (Å²) in [4.78, 5) is 0. The van der Waals surface area contributed by atoms with Crippen LogP contribution >= 0.6 is 0 Å². The van der Waals surface area contributed by atoms with Crippen molar-refractivity contribution in [1.82, 2.24) is 0 Å². The lowest BCUT2D eigenvalue weighted by Crippen LogP contribution is -1.94. The molecule has 0 saturated carbocycles. The van der Waals surface area contributed by atoms with Gasteiger partial charge in [-0.1, -0.05) is 102 Å². The van der Waals surface area contributed by atoms with Gasteiger partial charge in [0.05, 0.1) is 0 Å². The molecule has 25 heavy (non-hydrogen) atoms. The van der Waals surface area contributed by atoms with Crippen LogP contribution in [0.1, 0.15) is 33.4 Å². The summed E-state index contributed by atoms with van der Waals surface area (Å²) in [6.45, 7) is 10.5. The number of hydrogen-bond acceptors (Lipinski definition) is 0. The van der Waals surface area contributed by atoms with Gasteiger partial charge in [0.1, 0.15) is 0 Å². The lowest BCUT2D eigenvalue weighted by Gasteiger charge is -2.15. The highest BCUT2D eigenvalue weighted by molar-refractivity contribution is 6.02. The molecular weight excluding hydrogens is 300 g/mol. The summed E-state index contributed by atoms with van der Waals surface area (Å²) in [5, 5.41) is 0. The first-order valence-corrected chi connectivity index (χ1v) is 8.66. The quantitative estimate of drug-likeness (QED) is 0.367. The molecule has 0 atom stereocenters. The average Bonchev–Trinajstić information content (AvgIpc) is 2.63. The van der Waals surface area contributed by atoms with Crippen molar-refractivity contribution in [2.45, 2.75) is 20.8 Å². The van der Waals surface area contributed by atoms with Gasteiger partial charge in [0, 0.05) is 0 Å². The maximum absolute atomic E-state index is 4.11. The van der Waals surface area contributed by atoms with E-state index in [4.69, 9.17) is 0 Å². The van der Waals surface area contributed by atoms with Gasteiger partial charge in [-0.25, -0.2) is 0 Å². The van der Waals surface area contributed by atoms with Gasteiger partial charge in [-0.05, 0) is 48.6 Å². The third-order valence-electron chi connectivity index (χ3n) is 4.52. The second-order valence-corrected chi connectivity index (χ2v) is 6.59. The van der Waals surface area contributed by atoms with Gasteiger partial charge in [-0.15, -0.1) is 0 Å². The topological polar surface area (TPSA) is 0 Å². The van der Waals surface area contributed by atoms with E-state index in [-0.39, 0.29) is 0 Å². The van der Waals surface area contributed by atoms with Gasteiger partial charge >= 0.3 is 0 Å². The minimum Gasteiger partial charge on any atom is -0.0984 e. The van der Waals surface area contributed by atoms with E-state index >= 15 is 0 Å². The first kappa shape index (κ1) is 17.0. The third-order valence-corrected chi connectivity index (χ3v) is 4.52. The maximum atomic E-state index is 4.11. The van der Waals surface area contributed by atoms with Gasteiger partial charge in [0.2, 0.25) is 0 Å². The van der Waals surface area contributed by atoms with Crippen LogP contribution in [-0.4, -0.2) is 0 Å². The van der Waals surface area contributed by atoms with Crippen molar-refractivity contribution in [3.8, 4) is 0 Å². The summed E-state index contributed by atoms with van der Waals surface area (Å²) in [7, 11) is 0. The molecule has 0 amide bonds. The summed E-state index contributed by atoms with van der Waals surface area (Å²) in [6, 6.07) is 26.1. The van der Waals surface area contributed by atoms with Crippen LogP contribution in [0.15, 0.2) is 85.5 Å². The largest absolute Gasteiger partial charge is 0.0984 e. The van der Waals surface area contributed by atoms with Gasteiger partial charge in [-0.3, -0.25) is 0 Å². The predicted molar refractivity (Wildman–Crippen MR) is 110 cm³/mol. The Morgan fingerprint density at radius 3 is 1.20 bits per heavy atom. The predicted octanol–water partition coefficient (Wildman–Crippen LogP) is 6.76. The standard InChI is InChI=1S/C25H24/c1-5-24(21-12-6-18(2)7-13-21)25(22-14-8-19(3)9-15-22)23-16-10-20(4)11-17-23/h5-17H,1H2,2-4H3. The number of rotatable bonds is 4. The highest BCUT2D eigenvalue weighted by Crippen LogP contribution is 2.33. The number of benzene rings is 3. The van der Waals surface area contributed by atoms with Crippen LogP contribution in [0.4, 0.5) is 0 Å². The number of hydrogen-bond donors (Lipinski definition) is 0. The van der Waals surface area contributed by atoms with Crippen LogP contribution in [0.2, 0.25) is 0 Å². The number of allylic oxidation sites excluding steroid dienone is 2. The molecule has 3 aromatic carbocycles. The summed E-state index contributed by atoms with van der Waals surface area (Å²) in [5.41, 5.74) is 9.79. The molecule has 3 aromatic rings. The van der Waals surface area contributed by atoms with Gasteiger partial charge in [0.15, 0.2) is 0 Å². The fourth-order valence-electron chi connectivity index (χ4n) is 3.02. The lowest BCUT2D eigenvalue weighted by molar-refractivity contribution is 1.42. The fraction of sp³-hybridized carbons (Fsp3) is 0.120. The Morgan fingerprint density at radius 1 is 0.560 bits per heavy atom. The molecule has 0 radical (unpaired) electrons. The molecule has 0 aliphatic carbocycles. The van der Waals surface area contributed by atoms with Crippen molar-refractivity contribution in [1.29, 1.82) is 0 Å². The van der Waals surface area contributed by atoms with E-state index in [0.29, 0.717) is 0 Å². The van der Waals surface area contributed by atoms with Crippen LogP contribution < -0.4 is 0 Å². The van der Waals surface area contributed by atoms with E-state index in [1.54, 1.807) is 0 Å². The first-order valence-electron chi connectivity index (χ1n) is 8.66.